The van der Waals surface area contributed by atoms with Crippen molar-refractivity contribution in [2.24, 2.45) is 5.73 Å². The molecule has 21 heavy (non-hydrogen) atoms. The standard InChI is InChI=1S/C16H20ClFN2S/c1-16(11-19,9-12-3-5-13(18)6-4-12)20(2)10-14-7-8-15(17)21-14/h3-8H,9-11,19H2,1-2H3. The van der Waals surface area contributed by atoms with E-state index in [0.29, 0.717) is 6.54 Å². The molecule has 0 aliphatic carbocycles. The lowest BCUT2D eigenvalue weighted by Crippen LogP contribution is -2.50. The van der Waals surface area contributed by atoms with Crippen LogP contribution in [0.1, 0.15) is 17.4 Å². The molecule has 2 aromatic rings. The second-order valence-corrected chi connectivity index (χ2v) is 7.37. The molecule has 1 atom stereocenters. The quantitative estimate of drug-likeness (QED) is 0.871. The first-order chi connectivity index (χ1) is 9.93. The molecule has 2 nitrogen and oxygen atoms in total. The fourth-order valence-corrected chi connectivity index (χ4v) is 3.41. The lowest BCUT2D eigenvalue weighted by atomic mass is 9.91. The molecule has 1 aromatic carbocycles. The molecule has 0 aliphatic heterocycles. The molecule has 1 aromatic heterocycles. The Morgan fingerprint density at radius 2 is 1.90 bits per heavy atom. The summed E-state index contributed by atoms with van der Waals surface area (Å²) < 4.78 is 13.8. The first-order valence-corrected chi connectivity index (χ1v) is 8.02. The highest BCUT2D eigenvalue weighted by molar-refractivity contribution is 7.16. The summed E-state index contributed by atoms with van der Waals surface area (Å²) >= 11 is 7.56. The molecule has 0 amide bonds. The topological polar surface area (TPSA) is 29.3 Å². The van der Waals surface area contributed by atoms with Crippen LogP contribution in [0.15, 0.2) is 36.4 Å². The summed E-state index contributed by atoms with van der Waals surface area (Å²) in [4.78, 5) is 3.44. The van der Waals surface area contributed by atoms with Crippen LogP contribution >= 0.6 is 22.9 Å². The summed E-state index contributed by atoms with van der Waals surface area (Å²) in [5.41, 5.74) is 6.90. The van der Waals surface area contributed by atoms with Crippen LogP contribution in [0.4, 0.5) is 4.39 Å². The predicted molar refractivity (Wildman–Crippen MR) is 88.4 cm³/mol. The maximum absolute atomic E-state index is 13.0. The summed E-state index contributed by atoms with van der Waals surface area (Å²) in [5, 5.41) is 0. The molecule has 0 radical (unpaired) electrons. The van der Waals surface area contributed by atoms with Gasteiger partial charge in [-0.3, -0.25) is 4.90 Å². The Hall–Kier alpha value is -0.940. The van der Waals surface area contributed by atoms with Crippen molar-refractivity contribution in [3.63, 3.8) is 0 Å². The van der Waals surface area contributed by atoms with Gasteiger partial charge in [0.1, 0.15) is 5.82 Å². The van der Waals surface area contributed by atoms with Gasteiger partial charge in [0, 0.05) is 23.5 Å². The molecule has 1 heterocycles. The van der Waals surface area contributed by atoms with E-state index in [4.69, 9.17) is 17.3 Å². The van der Waals surface area contributed by atoms with E-state index in [1.54, 1.807) is 11.3 Å². The minimum absolute atomic E-state index is 0.186. The van der Waals surface area contributed by atoms with Crippen molar-refractivity contribution in [3.05, 3.63) is 57.0 Å². The van der Waals surface area contributed by atoms with Gasteiger partial charge in [-0.25, -0.2) is 4.39 Å². The smallest absolute Gasteiger partial charge is 0.123 e. The number of likely N-dealkylation sites (N-methyl/N-ethyl adjacent to an activating group) is 1. The fraction of sp³-hybridized carbons (Fsp3) is 0.375. The van der Waals surface area contributed by atoms with Gasteiger partial charge in [-0.1, -0.05) is 23.7 Å². The molecule has 2 rings (SSSR count). The molecule has 5 heteroatoms. The van der Waals surface area contributed by atoms with Crippen molar-refractivity contribution in [2.75, 3.05) is 13.6 Å². The Labute approximate surface area is 134 Å². The van der Waals surface area contributed by atoms with E-state index in [2.05, 4.69) is 18.9 Å². The van der Waals surface area contributed by atoms with Crippen molar-refractivity contribution < 1.29 is 4.39 Å². The molecule has 0 saturated carbocycles. The average molecular weight is 327 g/mol. The van der Waals surface area contributed by atoms with Crippen LogP contribution in [-0.2, 0) is 13.0 Å². The number of halogens is 2. The number of benzene rings is 1. The second kappa shape index (κ2) is 6.88. The van der Waals surface area contributed by atoms with E-state index < -0.39 is 0 Å². The fourth-order valence-electron chi connectivity index (χ4n) is 2.27. The zero-order chi connectivity index (χ0) is 15.5. The number of rotatable bonds is 6. The van der Waals surface area contributed by atoms with Gasteiger partial charge < -0.3 is 5.73 Å². The molecule has 2 N–H and O–H groups in total. The summed E-state index contributed by atoms with van der Waals surface area (Å²) in [7, 11) is 2.06. The van der Waals surface area contributed by atoms with Gasteiger partial charge in [0.15, 0.2) is 0 Å². The van der Waals surface area contributed by atoms with E-state index in [9.17, 15) is 4.39 Å². The van der Waals surface area contributed by atoms with Gasteiger partial charge in [0.05, 0.1) is 4.34 Å². The van der Waals surface area contributed by atoms with Gasteiger partial charge >= 0.3 is 0 Å². The molecule has 0 saturated heterocycles. The molecule has 0 fully saturated rings. The van der Waals surface area contributed by atoms with Gasteiger partial charge in [-0.05, 0) is 50.2 Å². The third-order valence-corrected chi connectivity index (χ3v) is 5.10. The van der Waals surface area contributed by atoms with Crippen molar-refractivity contribution in [1.29, 1.82) is 0 Å². The monoisotopic (exact) mass is 326 g/mol. The third kappa shape index (κ3) is 4.27. The zero-order valence-electron chi connectivity index (χ0n) is 12.3. The predicted octanol–water partition coefficient (Wildman–Crippen LogP) is 3.93. The average Bonchev–Trinajstić information content (AvgIpc) is 2.86. The summed E-state index contributed by atoms with van der Waals surface area (Å²) in [5.74, 6) is -0.213. The normalized spacial score (nSPS) is 14.4. The molecule has 1 unspecified atom stereocenters. The number of thiophene rings is 1. The lowest BCUT2D eigenvalue weighted by molar-refractivity contribution is 0.137. The maximum Gasteiger partial charge on any atom is 0.123 e. The molecular formula is C16H20ClFN2S. The van der Waals surface area contributed by atoms with Crippen LogP contribution in [0, 0.1) is 5.82 Å². The second-order valence-electron chi connectivity index (χ2n) is 5.57. The number of nitrogens with zero attached hydrogens (tertiary/aromatic N) is 1. The molecule has 0 bridgehead atoms. The van der Waals surface area contributed by atoms with Crippen LogP contribution < -0.4 is 5.73 Å². The molecule has 0 spiro atoms. The third-order valence-electron chi connectivity index (χ3n) is 3.88. The van der Waals surface area contributed by atoms with Crippen LogP contribution in [0.3, 0.4) is 0 Å². The minimum Gasteiger partial charge on any atom is -0.329 e. The summed E-state index contributed by atoms with van der Waals surface area (Å²) in [6.45, 7) is 3.46. The molecule has 114 valence electrons. The Kier molecular flexibility index (Phi) is 5.38. The van der Waals surface area contributed by atoms with Crippen LogP contribution in [-0.4, -0.2) is 24.0 Å². The Morgan fingerprint density at radius 1 is 1.24 bits per heavy atom. The number of hydrogen-bond donors (Lipinski definition) is 1. The van der Waals surface area contributed by atoms with Crippen LogP contribution in [0.25, 0.3) is 0 Å². The van der Waals surface area contributed by atoms with Gasteiger partial charge in [0.2, 0.25) is 0 Å². The van der Waals surface area contributed by atoms with Gasteiger partial charge in [-0.15, -0.1) is 11.3 Å². The highest BCUT2D eigenvalue weighted by atomic mass is 35.5. The van der Waals surface area contributed by atoms with E-state index in [1.165, 1.54) is 17.0 Å². The van der Waals surface area contributed by atoms with Crippen molar-refractivity contribution >= 4 is 22.9 Å². The SMILES string of the molecule is CN(Cc1ccc(Cl)s1)C(C)(CN)Cc1ccc(F)cc1. The van der Waals surface area contributed by atoms with E-state index >= 15 is 0 Å². The van der Waals surface area contributed by atoms with Gasteiger partial charge in [0.25, 0.3) is 0 Å². The number of hydrogen-bond acceptors (Lipinski definition) is 3. The van der Waals surface area contributed by atoms with E-state index in [-0.39, 0.29) is 11.4 Å². The van der Waals surface area contributed by atoms with E-state index in [0.717, 1.165) is 22.9 Å². The Morgan fingerprint density at radius 3 is 2.43 bits per heavy atom. The first kappa shape index (κ1) is 16.4. The number of nitrogens with two attached hydrogens (primary N) is 1. The van der Waals surface area contributed by atoms with Crippen molar-refractivity contribution in [3.8, 4) is 0 Å². The van der Waals surface area contributed by atoms with Crippen LogP contribution in [0.2, 0.25) is 4.34 Å². The van der Waals surface area contributed by atoms with E-state index in [1.807, 2.05) is 24.3 Å². The van der Waals surface area contributed by atoms with Crippen molar-refractivity contribution in [1.82, 2.24) is 4.90 Å². The van der Waals surface area contributed by atoms with Gasteiger partial charge in [-0.2, -0.15) is 0 Å². The summed E-state index contributed by atoms with van der Waals surface area (Å²) in [6, 6.07) is 10.6. The minimum atomic E-state index is -0.213. The summed E-state index contributed by atoms with van der Waals surface area (Å²) in [6.07, 6.45) is 0.777. The molecule has 0 aliphatic rings. The van der Waals surface area contributed by atoms with Crippen molar-refractivity contribution in [2.45, 2.75) is 25.4 Å². The Balaban J connectivity index is 2.09. The highest BCUT2D eigenvalue weighted by Crippen LogP contribution is 2.26. The first-order valence-electron chi connectivity index (χ1n) is 6.83. The lowest BCUT2D eigenvalue weighted by Gasteiger charge is -2.38. The molecular weight excluding hydrogens is 307 g/mol. The Bertz CT molecular complexity index is 584. The largest absolute Gasteiger partial charge is 0.329 e. The zero-order valence-corrected chi connectivity index (χ0v) is 13.8. The maximum atomic E-state index is 13.0. The van der Waals surface area contributed by atoms with Crippen LogP contribution in [0.5, 0.6) is 0 Å². The highest BCUT2D eigenvalue weighted by Gasteiger charge is 2.28.